The summed E-state index contributed by atoms with van der Waals surface area (Å²) in [6, 6.07) is 18.1. The smallest absolute Gasteiger partial charge is 0.325 e. The van der Waals surface area contributed by atoms with Crippen LogP contribution in [0.3, 0.4) is 0 Å². The van der Waals surface area contributed by atoms with Gasteiger partial charge in [-0.1, -0.05) is 49.2 Å². The van der Waals surface area contributed by atoms with Crippen molar-refractivity contribution in [1.29, 1.82) is 0 Å². The predicted octanol–water partition coefficient (Wildman–Crippen LogP) is 3.70. The summed E-state index contributed by atoms with van der Waals surface area (Å²) in [7, 11) is 0. The molecule has 9 heteroatoms. The minimum absolute atomic E-state index is 0.295. The highest BCUT2D eigenvalue weighted by Crippen LogP contribution is 2.41. The minimum Gasteiger partial charge on any atom is -0.493 e. The largest absolute Gasteiger partial charge is 0.493 e. The SMILES string of the molecule is O=C(CN1C(=O)N[C@]2(CCOc3ccccc32)C1=O)Nc1cc(C2CCCC2)nn1-c1ccccc1. The molecular weight excluding hydrogens is 458 g/mol. The van der Waals surface area contributed by atoms with E-state index in [2.05, 4.69) is 10.6 Å². The fourth-order valence-electron chi connectivity index (χ4n) is 5.52. The van der Waals surface area contributed by atoms with Crippen molar-refractivity contribution >= 4 is 23.7 Å². The zero-order valence-corrected chi connectivity index (χ0v) is 19.8. The van der Waals surface area contributed by atoms with Crippen molar-refractivity contribution in [3.8, 4) is 11.4 Å². The number of amides is 4. The van der Waals surface area contributed by atoms with Gasteiger partial charge < -0.3 is 15.4 Å². The van der Waals surface area contributed by atoms with Crippen molar-refractivity contribution in [2.45, 2.75) is 43.6 Å². The van der Waals surface area contributed by atoms with Gasteiger partial charge in [-0.3, -0.25) is 14.5 Å². The summed E-state index contributed by atoms with van der Waals surface area (Å²) >= 11 is 0. The molecule has 1 atom stereocenters. The summed E-state index contributed by atoms with van der Waals surface area (Å²) in [6.07, 6.45) is 4.81. The van der Waals surface area contributed by atoms with E-state index in [9.17, 15) is 14.4 Å². The van der Waals surface area contributed by atoms with Crippen LogP contribution in [0, 0.1) is 0 Å². The Balaban J connectivity index is 1.24. The maximum Gasteiger partial charge on any atom is 0.325 e. The number of hydrogen-bond donors (Lipinski definition) is 2. The van der Waals surface area contributed by atoms with Gasteiger partial charge >= 0.3 is 6.03 Å². The first kappa shape index (κ1) is 22.3. The van der Waals surface area contributed by atoms with Crippen molar-refractivity contribution in [3.05, 3.63) is 71.9 Å². The first-order valence-electron chi connectivity index (χ1n) is 12.4. The maximum absolute atomic E-state index is 13.5. The number of aromatic nitrogens is 2. The standard InChI is InChI=1S/C27H27N5O4/c33-24(17-31-25(34)27(29-26(31)35)14-15-36-22-13-7-6-12-20(22)27)28-23-16-21(18-8-4-5-9-18)30-32(23)19-10-2-1-3-11-19/h1-3,6-7,10-13,16,18H,4-5,8-9,14-15,17H2,(H,28,33)(H,29,35)/t27-/m0/s1. The van der Waals surface area contributed by atoms with Gasteiger partial charge in [0.25, 0.3) is 5.91 Å². The molecular formula is C27H27N5O4. The van der Waals surface area contributed by atoms with Gasteiger partial charge in [-0.15, -0.1) is 0 Å². The Labute approximate surface area is 208 Å². The molecule has 1 aliphatic carbocycles. The number of para-hydroxylation sites is 2. The van der Waals surface area contributed by atoms with Crippen LogP contribution < -0.4 is 15.4 Å². The van der Waals surface area contributed by atoms with Crippen LogP contribution in [-0.4, -0.2) is 45.7 Å². The van der Waals surface area contributed by atoms with Crippen molar-refractivity contribution in [1.82, 2.24) is 20.0 Å². The number of nitrogens with one attached hydrogen (secondary N) is 2. The lowest BCUT2D eigenvalue weighted by atomic mass is 9.84. The second kappa shape index (κ2) is 8.82. The summed E-state index contributed by atoms with van der Waals surface area (Å²) in [5.41, 5.74) is 1.17. The molecule has 4 amide bonds. The molecule has 3 heterocycles. The summed E-state index contributed by atoms with van der Waals surface area (Å²) < 4.78 is 7.39. The zero-order chi connectivity index (χ0) is 24.7. The number of urea groups is 1. The van der Waals surface area contributed by atoms with Crippen LogP contribution in [0.5, 0.6) is 5.75 Å². The Morgan fingerprint density at radius 1 is 1.08 bits per heavy atom. The average Bonchev–Trinajstić information content (AvgIpc) is 3.62. The van der Waals surface area contributed by atoms with E-state index in [1.165, 1.54) is 12.8 Å². The summed E-state index contributed by atoms with van der Waals surface area (Å²) in [6.45, 7) is -0.0998. The van der Waals surface area contributed by atoms with E-state index in [4.69, 9.17) is 9.84 Å². The van der Waals surface area contributed by atoms with Crippen molar-refractivity contribution in [2.75, 3.05) is 18.5 Å². The van der Waals surface area contributed by atoms with Crippen LogP contribution in [0.2, 0.25) is 0 Å². The molecule has 3 aliphatic rings. The highest BCUT2D eigenvalue weighted by Gasteiger charge is 2.55. The van der Waals surface area contributed by atoms with E-state index in [-0.39, 0.29) is 0 Å². The molecule has 1 saturated heterocycles. The first-order valence-corrected chi connectivity index (χ1v) is 12.4. The summed E-state index contributed by atoms with van der Waals surface area (Å²) in [5, 5.41) is 10.5. The number of carbonyl (C=O) groups excluding carboxylic acids is 3. The Bertz CT molecular complexity index is 1330. The minimum atomic E-state index is -1.21. The van der Waals surface area contributed by atoms with Crippen LogP contribution in [0.1, 0.15) is 49.3 Å². The molecule has 1 saturated carbocycles. The number of hydrogen-bond acceptors (Lipinski definition) is 5. The van der Waals surface area contributed by atoms with Crippen LogP contribution in [0.25, 0.3) is 5.69 Å². The molecule has 36 heavy (non-hydrogen) atoms. The van der Waals surface area contributed by atoms with E-state index >= 15 is 0 Å². The number of rotatable bonds is 5. The van der Waals surface area contributed by atoms with Crippen LogP contribution >= 0.6 is 0 Å². The van der Waals surface area contributed by atoms with E-state index in [0.29, 0.717) is 36.1 Å². The number of ether oxygens (including phenoxy) is 1. The van der Waals surface area contributed by atoms with Crippen LogP contribution in [0.4, 0.5) is 10.6 Å². The molecule has 1 aromatic heterocycles. The van der Waals surface area contributed by atoms with E-state index < -0.39 is 29.9 Å². The lowest BCUT2D eigenvalue weighted by Gasteiger charge is -2.33. The molecule has 0 unspecified atom stereocenters. The molecule has 184 valence electrons. The van der Waals surface area contributed by atoms with Gasteiger partial charge in [0.15, 0.2) is 5.54 Å². The van der Waals surface area contributed by atoms with Crippen molar-refractivity contribution < 1.29 is 19.1 Å². The Morgan fingerprint density at radius 3 is 2.64 bits per heavy atom. The van der Waals surface area contributed by atoms with Crippen molar-refractivity contribution in [2.24, 2.45) is 0 Å². The molecule has 6 rings (SSSR count). The van der Waals surface area contributed by atoms with E-state index in [1.807, 2.05) is 42.5 Å². The van der Waals surface area contributed by atoms with Crippen LogP contribution in [-0.2, 0) is 15.1 Å². The fourth-order valence-corrected chi connectivity index (χ4v) is 5.52. The number of anilines is 1. The number of fused-ring (bicyclic) bond motifs is 2. The highest BCUT2D eigenvalue weighted by molar-refractivity contribution is 6.10. The topological polar surface area (TPSA) is 106 Å². The number of nitrogens with zero attached hydrogens (tertiary/aromatic N) is 3. The average molecular weight is 486 g/mol. The fraction of sp³-hybridized carbons (Fsp3) is 0.333. The van der Waals surface area contributed by atoms with Gasteiger partial charge in [-0.2, -0.15) is 5.10 Å². The molecule has 2 fully saturated rings. The summed E-state index contributed by atoms with van der Waals surface area (Å²) in [5.74, 6) is 0.541. The Kier molecular flexibility index (Phi) is 5.47. The molecule has 0 radical (unpaired) electrons. The lowest BCUT2D eigenvalue weighted by Crippen LogP contribution is -2.48. The normalized spacial score (nSPS) is 21.4. The van der Waals surface area contributed by atoms with Crippen molar-refractivity contribution in [3.63, 3.8) is 0 Å². The molecule has 1 spiro atoms. The van der Waals surface area contributed by atoms with E-state index in [0.717, 1.165) is 29.1 Å². The molecule has 2 aliphatic heterocycles. The van der Waals surface area contributed by atoms with E-state index in [1.54, 1.807) is 22.9 Å². The molecule has 3 aromatic rings. The number of carbonyl (C=O) groups is 3. The Hall–Kier alpha value is -4.14. The quantitative estimate of drug-likeness (QED) is 0.536. The van der Waals surface area contributed by atoms with Gasteiger partial charge in [0, 0.05) is 24.0 Å². The van der Waals surface area contributed by atoms with Gasteiger partial charge in [0.05, 0.1) is 18.0 Å². The lowest BCUT2D eigenvalue weighted by molar-refractivity contribution is -0.135. The first-order chi connectivity index (χ1) is 17.5. The third-order valence-corrected chi connectivity index (χ3v) is 7.33. The van der Waals surface area contributed by atoms with Gasteiger partial charge in [0.2, 0.25) is 5.91 Å². The second-order valence-electron chi connectivity index (χ2n) is 9.55. The number of benzene rings is 2. The highest BCUT2D eigenvalue weighted by atomic mass is 16.5. The molecule has 2 aromatic carbocycles. The van der Waals surface area contributed by atoms with Gasteiger partial charge in [-0.05, 0) is 31.0 Å². The maximum atomic E-state index is 13.5. The monoisotopic (exact) mass is 485 g/mol. The van der Waals surface area contributed by atoms with Gasteiger partial charge in [-0.25, -0.2) is 9.48 Å². The van der Waals surface area contributed by atoms with Crippen LogP contribution in [0.15, 0.2) is 60.7 Å². The second-order valence-corrected chi connectivity index (χ2v) is 9.55. The molecule has 0 bridgehead atoms. The predicted molar refractivity (Wildman–Crippen MR) is 132 cm³/mol. The molecule has 9 nitrogen and oxygen atoms in total. The third-order valence-electron chi connectivity index (χ3n) is 7.33. The Morgan fingerprint density at radius 2 is 1.83 bits per heavy atom. The molecule has 2 N–H and O–H groups in total. The third kappa shape index (κ3) is 3.71. The number of imide groups is 1. The zero-order valence-electron chi connectivity index (χ0n) is 19.8. The van der Waals surface area contributed by atoms with Gasteiger partial charge in [0.1, 0.15) is 18.1 Å². The summed E-state index contributed by atoms with van der Waals surface area (Å²) in [4.78, 5) is 40.5.